The molecule has 0 saturated heterocycles. The maximum Gasteiger partial charge on any atom is 0.146 e. The van der Waals surface area contributed by atoms with Crippen molar-refractivity contribution in [1.29, 1.82) is 0 Å². The van der Waals surface area contributed by atoms with E-state index in [-0.39, 0.29) is 5.69 Å². The highest BCUT2D eigenvalue weighted by Crippen LogP contribution is 2.35. The average molecular weight is 310 g/mol. The summed E-state index contributed by atoms with van der Waals surface area (Å²) in [5.41, 5.74) is 0.138. The number of anilines is 1. The summed E-state index contributed by atoms with van der Waals surface area (Å²) < 4.78 is 27.7. The Morgan fingerprint density at radius 3 is 2.70 bits per heavy atom. The molecule has 0 amide bonds. The molecule has 0 aliphatic carbocycles. The maximum atomic E-state index is 13.5. The van der Waals surface area contributed by atoms with Crippen molar-refractivity contribution >= 4 is 38.7 Å². The van der Waals surface area contributed by atoms with E-state index < -0.39 is 11.6 Å². The lowest BCUT2D eigenvalue weighted by Gasteiger charge is -2.06. The van der Waals surface area contributed by atoms with Crippen LogP contribution in [0.4, 0.5) is 14.5 Å². The number of rotatable bonds is 3. The first-order valence-corrected chi connectivity index (χ1v) is 7.19. The summed E-state index contributed by atoms with van der Waals surface area (Å²) in [6, 6.07) is 11.1. The highest BCUT2D eigenvalue weighted by atomic mass is 35.5. The standard InChI is InChI=1S/C15H10ClF2NS/c16-15-10-3-1-2-4-13(10)20-14(15)8-19-12-7-9(17)5-6-11(12)18/h1-7,19H,8H2. The lowest BCUT2D eigenvalue weighted by Crippen LogP contribution is -2.00. The largest absolute Gasteiger partial charge is 0.378 e. The zero-order valence-corrected chi connectivity index (χ0v) is 11.9. The third-order valence-corrected chi connectivity index (χ3v) is 4.68. The Morgan fingerprint density at radius 2 is 1.90 bits per heavy atom. The van der Waals surface area contributed by atoms with Gasteiger partial charge in [-0.3, -0.25) is 0 Å². The van der Waals surface area contributed by atoms with E-state index in [0.29, 0.717) is 11.6 Å². The predicted molar refractivity (Wildman–Crippen MR) is 80.5 cm³/mol. The summed E-state index contributed by atoms with van der Waals surface area (Å²) in [6.07, 6.45) is 0. The second-order valence-corrected chi connectivity index (χ2v) is 5.83. The molecule has 0 bridgehead atoms. The normalized spacial score (nSPS) is 10.9. The number of halogens is 3. The van der Waals surface area contributed by atoms with Crippen LogP contribution in [0, 0.1) is 11.6 Å². The molecule has 20 heavy (non-hydrogen) atoms. The highest BCUT2D eigenvalue weighted by molar-refractivity contribution is 7.19. The van der Waals surface area contributed by atoms with Crippen molar-refractivity contribution in [3.8, 4) is 0 Å². The summed E-state index contributed by atoms with van der Waals surface area (Å²) in [5, 5.41) is 4.53. The Balaban J connectivity index is 1.87. The molecule has 0 aliphatic heterocycles. The first-order valence-electron chi connectivity index (χ1n) is 6.00. The average Bonchev–Trinajstić information content (AvgIpc) is 2.77. The van der Waals surface area contributed by atoms with Crippen LogP contribution in [-0.2, 0) is 6.54 Å². The molecule has 1 nitrogen and oxygen atoms in total. The highest BCUT2D eigenvalue weighted by Gasteiger charge is 2.10. The second-order valence-electron chi connectivity index (χ2n) is 4.31. The molecule has 0 spiro atoms. The molecule has 1 heterocycles. The van der Waals surface area contributed by atoms with Gasteiger partial charge in [0.25, 0.3) is 0 Å². The van der Waals surface area contributed by atoms with E-state index in [1.54, 1.807) is 11.3 Å². The summed E-state index contributed by atoms with van der Waals surface area (Å²) in [4.78, 5) is 0.900. The number of benzene rings is 2. The van der Waals surface area contributed by atoms with Crippen LogP contribution in [0.3, 0.4) is 0 Å². The molecule has 0 aliphatic rings. The first kappa shape index (κ1) is 13.3. The van der Waals surface area contributed by atoms with Gasteiger partial charge in [0.1, 0.15) is 11.6 Å². The van der Waals surface area contributed by atoms with Crippen LogP contribution in [0.5, 0.6) is 0 Å². The van der Waals surface area contributed by atoms with Crippen LogP contribution in [0.15, 0.2) is 42.5 Å². The fourth-order valence-electron chi connectivity index (χ4n) is 1.99. The fourth-order valence-corrected chi connectivity index (χ4v) is 3.43. The third-order valence-electron chi connectivity index (χ3n) is 2.97. The van der Waals surface area contributed by atoms with E-state index in [2.05, 4.69) is 5.32 Å². The second kappa shape index (κ2) is 5.38. The zero-order valence-electron chi connectivity index (χ0n) is 10.3. The third kappa shape index (κ3) is 2.49. The fraction of sp³-hybridized carbons (Fsp3) is 0.0667. The maximum absolute atomic E-state index is 13.5. The van der Waals surface area contributed by atoms with Gasteiger partial charge in [0.15, 0.2) is 0 Å². The summed E-state index contributed by atoms with van der Waals surface area (Å²) >= 11 is 7.84. The van der Waals surface area contributed by atoms with E-state index in [4.69, 9.17) is 11.6 Å². The molecule has 1 N–H and O–H groups in total. The van der Waals surface area contributed by atoms with E-state index in [1.165, 1.54) is 0 Å². The SMILES string of the molecule is Fc1ccc(F)c(NCc2sc3ccccc3c2Cl)c1. The van der Waals surface area contributed by atoms with Crippen LogP contribution in [0.25, 0.3) is 10.1 Å². The minimum Gasteiger partial charge on any atom is -0.378 e. The predicted octanol–water partition coefficient (Wildman–Crippen LogP) is 5.45. The quantitative estimate of drug-likeness (QED) is 0.679. The van der Waals surface area contributed by atoms with Crippen molar-refractivity contribution in [3.63, 3.8) is 0 Å². The summed E-state index contributed by atoms with van der Waals surface area (Å²) in [5.74, 6) is -0.958. The van der Waals surface area contributed by atoms with Crippen LogP contribution in [-0.4, -0.2) is 0 Å². The first-order chi connectivity index (χ1) is 9.65. The summed E-state index contributed by atoms with van der Waals surface area (Å²) in [6.45, 7) is 0.360. The molecule has 2 aromatic carbocycles. The van der Waals surface area contributed by atoms with Gasteiger partial charge in [-0.2, -0.15) is 0 Å². The van der Waals surface area contributed by atoms with Gasteiger partial charge in [-0.15, -0.1) is 11.3 Å². The van der Waals surface area contributed by atoms with Gasteiger partial charge < -0.3 is 5.32 Å². The van der Waals surface area contributed by atoms with Crippen molar-refractivity contribution in [2.45, 2.75) is 6.54 Å². The lowest BCUT2D eigenvalue weighted by atomic mass is 10.2. The topological polar surface area (TPSA) is 12.0 Å². The van der Waals surface area contributed by atoms with Gasteiger partial charge in [0.05, 0.1) is 17.3 Å². The molecule has 0 saturated carbocycles. The van der Waals surface area contributed by atoms with E-state index in [0.717, 1.165) is 33.2 Å². The van der Waals surface area contributed by atoms with Gasteiger partial charge in [0, 0.05) is 15.0 Å². The van der Waals surface area contributed by atoms with Gasteiger partial charge in [-0.25, -0.2) is 8.78 Å². The van der Waals surface area contributed by atoms with Crippen molar-refractivity contribution in [1.82, 2.24) is 0 Å². The van der Waals surface area contributed by atoms with Crippen LogP contribution in [0.1, 0.15) is 4.88 Å². The number of fused-ring (bicyclic) bond motifs is 1. The van der Waals surface area contributed by atoms with Crippen LogP contribution in [0.2, 0.25) is 5.02 Å². The van der Waals surface area contributed by atoms with Crippen molar-refractivity contribution < 1.29 is 8.78 Å². The Labute approximate surface area is 123 Å². The summed E-state index contributed by atoms with van der Waals surface area (Å²) in [7, 11) is 0. The van der Waals surface area contributed by atoms with Gasteiger partial charge >= 0.3 is 0 Å². The van der Waals surface area contributed by atoms with E-state index >= 15 is 0 Å². The number of hydrogen-bond acceptors (Lipinski definition) is 2. The zero-order chi connectivity index (χ0) is 14.1. The number of thiophene rings is 1. The van der Waals surface area contributed by atoms with Gasteiger partial charge in [-0.1, -0.05) is 29.8 Å². The molecule has 0 fully saturated rings. The van der Waals surface area contributed by atoms with E-state index in [1.807, 2.05) is 24.3 Å². The Morgan fingerprint density at radius 1 is 1.10 bits per heavy atom. The van der Waals surface area contributed by atoms with Crippen LogP contribution >= 0.6 is 22.9 Å². The Hall–Kier alpha value is -1.65. The molecule has 3 rings (SSSR count). The lowest BCUT2D eigenvalue weighted by molar-refractivity contribution is 0.602. The van der Waals surface area contributed by atoms with Gasteiger partial charge in [-0.05, 0) is 24.3 Å². The minimum absolute atomic E-state index is 0.138. The molecule has 102 valence electrons. The Kier molecular flexibility index (Phi) is 3.59. The monoisotopic (exact) mass is 309 g/mol. The molecular formula is C15H10ClF2NS. The van der Waals surface area contributed by atoms with Crippen molar-refractivity contribution in [2.24, 2.45) is 0 Å². The molecule has 0 radical (unpaired) electrons. The van der Waals surface area contributed by atoms with Crippen molar-refractivity contribution in [3.05, 3.63) is 64.0 Å². The molecule has 1 aromatic heterocycles. The Bertz CT molecular complexity index is 770. The molecule has 5 heteroatoms. The van der Waals surface area contributed by atoms with Crippen molar-refractivity contribution in [2.75, 3.05) is 5.32 Å². The van der Waals surface area contributed by atoms with Crippen LogP contribution < -0.4 is 5.32 Å². The molecular weight excluding hydrogens is 300 g/mol. The molecule has 3 aromatic rings. The number of hydrogen-bond donors (Lipinski definition) is 1. The number of nitrogens with one attached hydrogen (secondary N) is 1. The smallest absolute Gasteiger partial charge is 0.146 e. The molecule has 0 unspecified atom stereocenters. The van der Waals surface area contributed by atoms with E-state index in [9.17, 15) is 8.78 Å². The molecule has 0 atom stereocenters. The minimum atomic E-state index is -0.483. The van der Waals surface area contributed by atoms with Gasteiger partial charge in [0.2, 0.25) is 0 Å².